The summed E-state index contributed by atoms with van der Waals surface area (Å²) in [6.07, 6.45) is 6.71. The molecule has 2 heterocycles. The molecule has 0 bridgehead atoms. The number of Topliss-reactive ketones (excluding diaryl/α,β-unsaturated/α-hetero) is 1. The van der Waals surface area contributed by atoms with Crippen molar-refractivity contribution in [2.24, 2.45) is 11.3 Å². The summed E-state index contributed by atoms with van der Waals surface area (Å²) in [5, 5.41) is 29.3. The van der Waals surface area contributed by atoms with Crippen molar-refractivity contribution >= 4 is 5.78 Å². The highest BCUT2D eigenvalue weighted by molar-refractivity contribution is 5.90. The molecule has 1 aromatic rings. The lowest BCUT2D eigenvalue weighted by molar-refractivity contribution is -0.124. The van der Waals surface area contributed by atoms with E-state index in [-0.39, 0.29) is 11.7 Å². The van der Waals surface area contributed by atoms with Crippen LogP contribution in [-0.2, 0) is 4.79 Å². The molecule has 4 rings (SSSR count). The third kappa shape index (κ3) is 2.17. The Morgan fingerprint density at radius 3 is 2.38 bits per heavy atom. The van der Waals surface area contributed by atoms with Crippen molar-refractivity contribution in [2.75, 3.05) is 0 Å². The van der Waals surface area contributed by atoms with Crippen molar-refractivity contribution in [3.8, 4) is 18.2 Å². The second-order valence-electron chi connectivity index (χ2n) is 7.05. The number of fused-ring (bicyclic) bond motifs is 1. The maximum atomic E-state index is 13.2. The third-order valence-corrected chi connectivity index (χ3v) is 5.59. The number of hydrogen-bond donors (Lipinski definition) is 0. The van der Waals surface area contributed by atoms with Gasteiger partial charge in [-0.25, -0.2) is 0 Å². The van der Waals surface area contributed by atoms with E-state index >= 15 is 0 Å². The molecule has 5 heteroatoms. The Bertz CT molecular complexity index is 923. The van der Waals surface area contributed by atoms with Gasteiger partial charge in [0.2, 0.25) is 0 Å². The Morgan fingerprint density at radius 1 is 1.12 bits per heavy atom. The van der Waals surface area contributed by atoms with Crippen LogP contribution in [0, 0.1) is 45.3 Å². The van der Waals surface area contributed by atoms with Gasteiger partial charge in [0.15, 0.2) is 11.2 Å². The van der Waals surface area contributed by atoms with E-state index in [4.69, 9.17) is 0 Å². The Kier molecular flexibility index (Phi) is 3.64. The molecule has 2 fully saturated rings. The van der Waals surface area contributed by atoms with Crippen molar-refractivity contribution in [2.45, 2.75) is 30.8 Å². The maximum Gasteiger partial charge on any atom is 0.176 e. The molecule has 3 aliphatic rings. The number of carbonyl (C=O) groups is 1. The first-order chi connectivity index (χ1) is 12.7. The summed E-state index contributed by atoms with van der Waals surface area (Å²) in [4.78, 5) is 14.9. The smallest absolute Gasteiger partial charge is 0.176 e. The van der Waals surface area contributed by atoms with Crippen LogP contribution in [-0.4, -0.2) is 22.8 Å². The van der Waals surface area contributed by atoms with Gasteiger partial charge in [-0.3, -0.25) is 4.79 Å². The van der Waals surface area contributed by atoms with Crippen molar-refractivity contribution in [3.05, 3.63) is 59.8 Å². The molecular formula is C21H16N4O. The Hall–Kier alpha value is -3.36. The molecule has 5 nitrogen and oxygen atoms in total. The molecule has 126 valence electrons. The Morgan fingerprint density at radius 2 is 1.81 bits per heavy atom. The van der Waals surface area contributed by atoms with Crippen LogP contribution in [0.1, 0.15) is 24.3 Å². The first kappa shape index (κ1) is 16.1. The molecule has 1 saturated carbocycles. The zero-order valence-electron chi connectivity index (χ0n) is 14.0. The van der Waals surface area contributed by atoms with E-state index < -0.39 is 23.4 Å². The van der Waals surface area contributed by atoms with Crippen LogP contribution in [0.4, 0.5) is 0 Å². The predicted molar refractivity (Wildman–Crippen MR) is 92.8 cm³/mol. The van der Waals surface area contributed by atoms with Crippen LogP contribution >= 0.6 is 0 Å². The standard InChI is InChI=1S/C21H16N4O/c22-10-14-6-9-17-21(12-23,13-24)18(15-4-2-1-3-5-15)19(25(17)11-14)20(26)16-7-8-16/h1-6,9,11,16-19H,7-8H2. The summed E-state index contributed by atoms with van der Waals surface area (Å²) in [6, 6.07) is 14.7. The molecule has 1 aromatic carbocycles. The van der Waals surface area contributed by atoms with Crippen molar-refractivity contribution in [1.82, 2.24) is 4.90 Å². The number of ketones is 1. The largest absolute Gasteiger partial charge is 0.356 e. The second-order valence-corrected chi connectivity index (χ2v) is 7.05. The molecular weight excluding hydrogens is 324 g/mol. The number of nitrogens with zero attached hydrogens (tertiary/aromatic N) is 4. The monoisotopic (exact) mass is 340 g/mol. The summed E-state index contributed by atoms with van der Waals surface area (Å²) in [5.41, 5.74) is -0.150. The average Bonchev–Trinajstić information content (AvgIpc) is 3.50. The second kappa shape index (κ2) is 5.87. The number of allylic oxidation sites excluding steroid dienone is 2. The maximum absolute atomic E-state index is 13.2. The van der Waals surface area contributed by atoms with Gasteiger partial charge >= 0.3 is 0 Å². The van der Waals surface area contributed by atoms with Crippen LogP contribution in [0.15, 0.2) is 54.3 Å². The molecule has 2 aliphatic heterocycles. The number of hydrogen-bond acceptors (Lipinski definition) is 5. The number of nitriles is 3. The number of carbonyl (C=O) groups excluding carboxylic acids is 1. The van der Waals surface area contributed by atoms with Gasteiger partial charge in [-0.2, -0.15) is 15.8 Å². The van der Waals surface area contributed by atoms with Gasteiger partial charge in [0.1, 0.15) is 6.07 Å². The summed E-state index contributed by atoms with van der Waals surface area (Å²) in [7, 11) is 0. The number of benzene rings is 1. The SMILES string of the molecule is N#CC1=CN2C(C(=O)C3CC3)C(c3ccccc3)C(C#N)(C#N)C2C=C1. The molecule has 26 heavy (non-hydrogen) atoms. The zero-order valence-corrected chi connectivity index (χ0v) is 14.0. The fraction of sp³-hybridized carbons (Fsp3) is 0.333. The van der Waals surface area contributed by atoms with Crippen molar-refractivity contribution in [3.63, 3.8) is 0 Å². The minimum Gasteiger partial charge on any atom is -0.356 e. The van der Waals surface area contributed by atoms with Crippen LogP contribution in [0.5, 0.6) is 0 Å². The minimum absolute atomic E-state index is 0.00936. The quantitative estimate of drug-likeness (QED) is 0.843. The Labute approximate surface area is 152 Å². The molecule has 0 N–H and O–H groups in total. The first-order valence-electron chi connectivity index (χ1n) is 8.65. The highest BCUT2D eigenvalue weighted by Gasteiger charge is 2.63. The predicted octanol–water partition coefficient (Wildman–Crippen LogP) is 2.81. The molecule has 1 saturated heterocycles. The first-order valence-corrected chi connectivity index (χ1v) is 8.65. The van der Waals surface area contributed by atoms with E-state index in [1.165, 1.54) is 0 Å². The summed E-state index contributed by atoms with van der Waals surface area (Å²) in [6.45, 7) is 0. The third-order valence-electron chi connectivity index (χ3n) is 5.59. The normalized spacial score (nSPS) is 28.3. The molecule has 0 aromatic heterocycles. The molecule has 3 atom stereocenters. The van der Waals surface area contributed by atoms with Gasteiger partial charge in [-0.05, 0) is 24.5 Å². The number of rotatable bonds is 3. The molecule has 1 aliphatic carbocycles. The average molecular weight is 340 g/mol. The molecule has 0 amide bonds. The summed E-state index contributed by atoms with van der Waals surface area (Å²) in [5.74, 6) is -0.499. The lowest BCUT2D eigenvalue weighted by Crippen LogP contribution is -2.40. The van der Waals surface area contributed by atoms with Gasteiger partial charge in [0, 0.05) is 18.0 Å². The van der Waals surface area contributed by atoms with E-state index in [1.54, 1.807) is 23.3 Å². The van der Waals surface area contributed by atoms with Crippen LogP contribution in [0.25, 0.3) is 0 Å². The Balaban J connectivity index is 1.93. The molecule has 0 radical (unpaired) electrons. The van der Waals surface area contributed by atoms with Gasteiger partial charge in [-0.1, -0.05) is 36.4 Å². The zero-order chi connectivity index (χ0) is 18.3. The minimum atomic E-state index is -1.38. The van der Waals surface area contributed by atoms with Crippen molar-refractivity contribution < 1.29 is 4.79 Å². The molecule has 0 spiro atoms. The fourth-order valence-corrected chi connectivity index (χ4v) is 4.21. The van der Waals surface area contributed by atoms with E-state index in [9.17, 15) is 20.6 Å². The van der Waals surface area contributed by atoms with Crippen LogP contribution in [0.3, 0.4) is 0 Å². The summed E-state index contributed by atoms with van der Waals surface area (Å²) < 4.78 is 0. The van der Waals surface area contributed by atoms with E-state index in [0.717, 1.165) is 18.4 Å². The van der Waals surface area contributed by atoms with Gasteiger partial charge in [-0.15, -0.1) is 0 Å². The van der Waals surface area contributed by atoms with E-state index in [0.29, 0.717) is 5.57 Å². The van der Waals surface area contributed by atoms with Gasteiger partial charge in [0.25, 0.3) is 0 Å². The van der Waals surface area contributed by atoms with Crippen LogP contribution < -0.4 is 0 Å². The highest BCUT2D eigenvalue weighted by Crippen LogP contribution is 2.54. The lowest BCUT2D eigenvalue weighted by Gasteiger charge is -2.30. The van der Waals surface area contributed by atoms with Crippen molar-refractivity contribution in [1.29, 1.82) is 15.8 Å². The molecule has 3 unspecified atom stereocenters. The van der Waals surface area contributed by atoms with Crippen LogP contribution in [0.2, 0.25) is 0 Å². The van der Waals surface area contributed by atoms with E-state index in [2.05, 4.69) is 18.2 Å². The lowest BCUT2D eigenvalue weighted by atomic mass is 9.69. The topological polar surface area (TPSA) is 91.7 Å². The van der Waals surface area contributed by atoms with Gasteiger partial charge in [0.05, 0.1) is 29.8 Å². The van der Waals surface area contributed by atoms with E-state index in [1.807, 2.05) is 30.3 Å². The van der Waals surface area contributed by atoms with Gasteiger partial charge < -0.3 is 4.90 Å². The fourth-order valence-electron chi connectivity index (χ4n) is 4.21. The highest BCUT2D eigenvalue weighted by atomic mass is 16.1. The summed E-state index contributed by atoms with van der Waals surface area (Å²) >= 11 is 0.